The quantitative estimate of drug-likeness (QED) is 0.119. The predicted molar refractivity (Wildman–Crippen MR) is 212 cm³/mol. The Balaban J connectivity index is 0.00000217. The molecule has 1 saturated carbocycles. The van der Waals surface area contributed by atoms with Gasteiger partial charge in [0.25, 0.3) is 0 Å². The van der Waals surface area contributed by atoms with Gasteiger partial charge in [-0.3, -0.25) is 19.7 Å². The van der Waals surface area contributed by atoms with Gasteiger partial charge in [0, 0.05) is 37.9 Å². The first-order valence-electron chi connectivity index (χ1n) is 17.4. The minimum Gasteiger partial charge on any atom is -0.461 e. The van der Waals surface area contributed by atoms with E-state index in [4.69, 9.17) is 4.42 Å². The Labute approximate surface area is 323 Å². The number of benzene rings is 1. The lowest BCUT2D eigenvalue weighted by Gasteiger charge is -2.42. The van der Waals surface area contributed by atoms with Crippen LogP contribution in [0.1, 0.15) is 96.5 Å². The monoisotopic (exact) mass is 762 g/mol. The van der Waals surface area contributed by atoms with Gasteiger partial charge in [-0.05, 0) is 136 Å². The Kier molecular flexibility index (Phi) is 19.1. The highest BCUT2D eigenvalue weighted by molar-refractivity contribution is 5.99. The molecule has 274 valence electrons. The number of furan rings is 1. The molecule has 4 aromatic rings. The molecule has 6 rings (SSSR count). The summed E-state index contributed by atoms with van der Waals surface area (Å²) in [5, 5.41) is 0. The van der Waals surface area contributed by atoms with Crippen LogP contribution in [-0.2, 0) is 13.1 Å². The predicted octanol–water partition coefficient (Wildman–Crippen LogP) is 10.2. The second-order valence-corrected chi connectivity index (χ2v) is 13.9. The minimum atomic E-state index is -0.148. The normalized spacial score (nSPS) is 16.6. The fourth-order valence-corrected chi connectivity index (χ4v) is 7.92. The Hall–Kier alpha value is -2.45. The first-order valence-corrected chi connectivity index (χ1v) is 17.4. The largest absolute Gasteiger partial charge is 0.461 e. The van der Waals surface area contributed by atoms with Crippen LogP contribution in [0.2, 0.25) is 0 Å². The average Bonchev–Trinajstić information content (AvgIpc) is 3.65. The van der Waals surface area contributed by atoms with Crippen molar-refractivity contribution in [1.29, 1.82) is 0 Å². The van der Waals surface area contributed by atoms with Crippen molar-refractivity contribution in [3.8, 4) is 0 Å². The number of carbonyl (C=O) groups is 1. The minimum absolute atomic E-state index is 0. The van der Waals surface area contributed by atoms with Crippen molar-refractivity contribution in [1.82, 2.24) is 19.8 Å². The summed E-state index contributed by atoms with van der Waals surface area (Å²) >= 11 is 0. The van der Waals surface area contributed by atoms with Gasteiger partial charge >= 0.3 is 0 Å². The Morgan fingerprint density at radius 3 is 1.94 bits per heavy atom. The molecule has 1 unspecified atom stereocenters. The number of halogens is 4. The third-order valence-corrected chi connectivity index (χ3v) is 10.7. The van der Waals surface area contributed by atoms with Crippen LogP contribution >= 0.6 is 49.6 Å². The molecular formula is C40H54Cl4N4O2. The summed E-state index contributed by atoms with van der Waals surface area (Å²) in [7, 11) is 0. The highest BCUT2D eigenvalue weighted by Crippen LogP contribution is 2.43. The highest BCUT2D eigenvalue weighted by atomic mass is 35.5. The van der Waals surface area contributed by atoms with E-state index in [1.807, 2.05) is 36.9 Å². The molecule has 50 heavy (non-hydrogen) atoms. The molecule has 3 aromatic heterocycles. The molecule has 0 radical (unpaired) electrons. The van der Waals surface area contributed by atoms with E-state index >= 15 is 0 Å². The van der Waals surface area contributed by atoms with Crippen LogP contribution in [-0.4, -0.2) is 51.7 Å². The zero-order valence-electron chi connectivity index (χ0n) is 29.2. The van der Waals surface area contributed by atoms with Gasteiger partial charge in [0.2, 0.25) is 5.78 Å². The molecule has 1 saturated heterocycles. The van der Waals surface area contributed by atoms with E-state index in [1.165, 1.54) is 61.6 Å². The van der Waals surface area contributed by atoms with E-state index in [0.717, 1.165) is 57.7 Å². The number of ketones is 1. The fraction of sp³-hybridized carbons (Fsp3) is 0.475. The first kappa shape index (κ1) is 43.7. The van der Waals surface area contributed by atoms with Crippen LogP contribution in [0.25, 0.3) is 0 Å². The zero-order chi connectivity index (χ0) is 31.6. The standard InChI is InChI=1S/C40H50N4O2.4ClH/c1-32-7-9-35(10-8-32)38(39(45)37-6-5-29-46-37)36-15-25-43(26-16-36)27-19-40(17-3-2-4-18-40)20-28-44(30-33-11-21-41-22-12-33)31-34-13-23-42-24-14-34;;;;/h5-14,21-24,29,36,38H,2-4,15-20,25-28,30-31H2,1H3;4*1H. The second-order valence-electron chi connectivity index (χ2n) is 13.9. The van der Waals surface area contributed by atoms with Gasteiger partial charge in [-0.1, -0.05) is 49.1 Å². The summed E-state index contributed by atoms with van der Waals surface area (Å²) in [5.74, 6) is 0.784. The summed E-state index contributed by atoms with van der Waals surface area (Å²) in [6, 6.07) is 20.8. The smallest absolute Gasteiger partial charge is 0.205 e. The van der Waals surface area contributed by atoms with Crippen LogP contribution in [0.5, 0.6) is 0 Å². The molecular weight excluding hydrogens is 710 g/mol. The number of pyridine rings is 2. The lowest BCUT2D eigenvalue weighted by atomic mass is 9.69. The number of carbonyl (C=O) groups excluding carboxylic acids is 1. The summed E-state index contributed by atoms with van der Waals surface area (Å²) in [6.07, 6.45) is 20.6. The van der Waals surface area contributed by atoms with E-state index in [1.54, 1.807) is 6.26 Å². The Morgan fingerprint density at radius 2 is 1.40 bits per heavy atom. The summed E-state index contributed by atoms with van der Waals surface area (Å²) < 4.78 is 5.59. The number of hydrogen-bond donors (Lipinski definition) is 0. The fourth-order valence-electron chi connectivity index (χ4n) is 7.92. The topological polar surface area (TPSA) is 62.5 Å². The van der Waals surface area contributed by atoms with E-state index in [-0.39, 0.29) is 61.3 Å². The average molecular weight is 765 g/mol. The van der Waals surface area contributed by atoms with Crippen LogP contribution < -0.4 is 0 Å². The van der Waals surface area contributed by atoms with Gasteiger partial charge in [-0.25, -0.2) is 0 Å². The van der Waals surface area contributed by atoms with Crippen LogP contribution in [0.15, 0.2) is 96.1 Å². The summed E-state index contributed by atoms with van der Waals surface area (Å²) in [4.78, 5) is 27.5. The molecule has 6 nitrogen and oxygen atoms in total. The van der Waals surface area contributed by atoms with Gasteiger partial charge in [-0.2, -0.15) is 0 Å². The number of likely N-dealkylation sites (tertiary alicyclic amines) is 1. The molecule has 0 spiro atoms. The van der Waals surface area contributed by atoms with E-state index in [0.29, 0.717) is 17.1 Å². The summed E-state index contributed by atoms with van der Waals surface area (Å²) in [6.45, 7) is 8.35. The van der Waals surface area contributed by atoms with Crippen LogP contribution in [0.4, 0.5) is 0 Å². The van der Waals surface area contributed by atoms with Crippen molar-refractivity contribution in [2.45, 2.75) is 83.7 Å². The van der Waals surface area contributed by atoms with Crippen molar-refractivity contribution < 1.29 is 9.21 Å². The van der Waals surface area contributed by atoms with E-state index < -0.39 is 0 Å². The van der Waals surface area contributed by atoms with Crippen LogP contribution in [0.3, 0.4) is 0 Å². The van der Waals surface area contributed by atoms with Gasteiger partial charge in [-0.15, -0.1) is 49.6 Å². The van der Waals surface area contributed by atoms with Gasteiger partial charge < -0.3 is 9.32 Å². The molecule has 1 aliphatic carbocycles. The van der Waals surface area contributed by atoms with Crippen molar-refractivity contribution >= 4 is 55.4 Å². The maximum absolute atomic E-state index is 13.7. The number of Topliss-reactive ketones (excluding diaryl/α,β-unsaturated/α-hetero) is 1. The van der Waals surface area contributed by atoms with Gasteiger partial charge in [0.05, 0.1) is 12.2 Å². The SMILES string of the molecule is Cc1ccc(C(C(=O)c2ccco2)C2CCN(CCC3(CCN(Cc4ccncc4)Cc4ccncc4)CCCCC3)CC2)cc1.Cl.Cl.Cl.Cl. The molecule has 1 atom stereocenters. The van der Waals surface area contributed by atoms with Crippen molar-refractivity contribution in [3.05, 3.63) is 120 Å². The second kappa shape index (κ2) is 21.8. The van der Waals surface area contributed by atoms with Gasteiger partial charge in [0.1, 0.15) is 0 Å². The molecule has 1 aromatic carbocycles. The molecule has 2 aliphatic rings. The van der Waals surface area contributed by atoms with Gasteiger partial charge in [0.15, 0.2) is 5.76 Å². The van der Waals surface area contributed by atoms with Crippen molar-refractivity contribution in [2.75, 3.05) is 26.2 Å². The number of aryl methyl sites for hydroxylation is 1. The molecule has 10 heteroatoms. The Bertz CT molecular complexity index is 1440. The summed E-state index contributed by atoms with van der Waals surface area (Å²) in [5.41, 5.74) is 5.38. The molecule has 2 fully saturated rings. The lowest BCUT2D eigenvalue weighted by Crippen LogP contribution is -2.40. The third-order valence-electron chi connectivity index (χ3n) is 10.7. The van der Waals surface area contributed by atoms with Crippen LogP contribution in [0, 0.1) is 18.3 Å². The maximum atomic E-state index is 13.7. The highest BCUT2D eigenvalue weighted by Gasteiger charge is 2.36. The first-order chi connectivity index (χ1) is 22.6. The number of rotatable bonds is 14. The molecule has 0 bridgehead atoms. The molecule has 1 aliphatic heterocycles. The Morgan fingerprint density at radius 1 is 0.820 bits per heavy atom. The molecule has 0 N–H and O–H groups in total. The van der Waals surface area contributed by atoms with Crippen molar-refractivity contribution in [2.24, 2.45) is 11.3 Å². The lowest BCUT2D eigenvalue weighted by molar-refractivity contribution is 0.0790. The number of piperidine rings is 1. The third kappa shape index (κ3) is 12.1. The molecule has 4 heterocycles. The maximum Gasteiger partial charge on any atom is 0.205 e. The number of hydrogen-bond acceptors (Lipinski definition) is 6. The van der Waals surface area contributed by atoms with Crippen molar-refractivity contribution in [3.63, 3.8) is 0 Å². The molecule has 0 amide bonds. The number of nitrogens with zero attached hydrogens (tertiary/aromatic N) is 4. The number of aromatic nitrogens is 2. The van der Waals surface area contributed by atoms with E-state index in [2.05, 4.69) is 75.2 Å². The van der Waals surface area contributed by atoms with E-state index in [9.17, 15) is 4.79 Å². The zero-order valence-corrected chi connectivity index (χ0v) is 32.4.